The van der Waals surface area contributed by atoms with Crippen molar-refractivity contribution in [1.82, 2.24) is 9.38 Å². The Kier molecular flexibility index (Phi) is 6.75. The summed E-state index contributed by atoms with van der Waals surface area (Å²) in [5, 5.41) is 0. The zero-order chi connectivity index (χ0) is 22.3. The number of fused-ring (bicyclic) bond motifs is 1. The van der Waals surface area contributed by atoms with E-state index in [2.05, 4.69) is 29.2 Å². The van der Waals surface area contributed by atoms with Gasteiger partial charge in [-0.3, -0.25) is 14.0 Å². The molecule has 0 saturated carbocycles. The van der Waals surface area contributed by atoms with E-state index in [1.54, 1.807) is 12.3 Å². The molecule has 4 aromatic rings. The van der Waals surface area contributed by atoms with E-state index in [1.165, 1.54) is 21.6 Å². The average Bonchev–Trinajstić information content (AvgIpc) is 2.79. The van der Waals surface area contributed by atoms with Crippen LogP contribution in [0.1, 0.15) is 28.8 Å². The number of hydrogen-bond donors (Lipinski definition) is 0. The van der Waals surface area contributed by atoms with Gasteiger partial charge in [0.05, 0.1) is 5.69 Å². The van der Waals surface area contributed by atoms with Gasteiger partial charge in [0, 0.05) is 18.7 Å². The van der Waals surface area contributed by atoms with Crippen molar-refractivity contribution < 1.29 is 9.53 Å². The molecule has 32 heavy (non-hydrogen) atoms. The summed E-state index contributed by atoms with van der Waals surface area (Å²) in [5.74, 6) is -0.168. The number of rotatable bonds is 8. The van der Waals surface area contributed by atoms with Crippen molar-refractivity contribution in [3.8, 4) is 0 Å². The number of pyridine rings is 1. The van der Waals surface area contributed by atoms with Crippen molar-refractivity contribution in [1.29, 1.82) is 0 Å². The number of nitrogens with zero attached hydrogens (tertiary/aromatic N) is 2. The Balaban J connectivity index is 1.43. The van der Waals surface area contributed by atoms with Gasteiger partial charge >= 0.3 is 5.97 Å². The lowest BCUT2D eigenvalue weighted by atomic mass is 9.90. The molecule has 2 aromatic heterocycles. The second kappa shape index (κ2) is 10.1. The van der Waals surface area contributed by atoms with Crippen molar-refractivity contribution in [3.05, 3.63) is 118 Å². The molecule has 5 heteroatoms. The standard InChI is InChI=1S/C27H26N2O3/c1-20-12-13-25-28-24(17-26(30)29(25)18-20)19-32-27(31)16-23(14-21-8-4-2-5-9-21)15-22-10-6-3-7-11-22/h2-13,17-18,23H,14-16,19H2,1H3. The summed E-state index contributed by atoms with van der Waals surface area (Å²) in [7, 11) is 0. The highest BCUT2D eigenvalue weighted by molar-refractivity contribution is 5.69. The van der Waals surface area contributed by atoms with Gasteiger partial charge < -0.3 is 4.74 Å². The summed E-state index contributed by atoms with van der Waals surface area (Å²) in [5.41, 5.74) is 4.18. The molecule has 0 unspecified atom stereocenters. The second-order valence-electron chi connectivity index (χ2n) is 8.13. The number of ether oxygens (including phenoxy) is 1. The average molecular weight is 427 g/mol. The maximum absolute atomic E-state index is 12.7. The van der Waals surface area contributed by atoms with Crippen LogP contribution in [0.4, 0.5) is 0 Å². The number of carbonyl (C=O) groups excluding carboxylic acids is 1. The number of benzene rings is 2. The van der Waals surface area contributed by atoms with Crippen molar-refractivity contribution in [3.63, 3.8) is 0 Å². The van der Waals surface area contributed by atoms with Crippen LogP contribution in [-0.4, -0.2) is 15.4 Å². The molecule has 0 amide bonds. The van der Waals surface area contributed by atoms with Gasteiger partial charge in [0.1, 0.15) is 12.3 Å². The molecule has 0 bridgehead atoms. The minimum Gasteiger partial charge on any atom is -0.459 e. The predicted molar refractivity (Wildman–Crippen MR) is 124 cm³/mol. The van der Waals surface area contributed by atoms with E-state index < -0.39 is 0 Å². The molecule has 2 aromatic carbocycles. The predicted octanol–water partition coefficient (Wildman–Crippen LogP) is 4.54. The summed E-state index contributed by atoms with van der Waals surface area (Å²) in [4.78, 5) is 29.5. The zero-order valence-corrected chi connectivity index (χ0v) is 18.1. The van der Waals surface area contributed by atoms with Crippen LogP contribution in [0.2, 0.25) is 0 Å². The van der Waals surface area contributed by atoms with Gasteiger partial charge in [-0.1, -0.05) is 66.7 Å². The van der Waals surface area contributed by atoms with Crippen LogP contribution in [0.15, 0.2) is 89.9 Å². The molecule has 162 valence electrons. The number of aromatic nitrogens is 2. The van der Waals surface area contributed by atoms with Crippen LogP contribution >= 0.6 is 0 Å². The summed E-state index contributed by atoms with van der Waals surface area (Å²) < 4.78 is 7.01. The summed E-state index contributed by atoms with van der Waals surface area (Å²) >= 11 is 0. The van der Waals surface area contributed by atoms with E-state index in [9.17, 15) is 9.59 Å². The maximum atomic E-state index is 12.7. The summed E-state index contributed by atoms with van der Waals surface area (Å²) in [6, 6.07) is 25.5. The lowest BCUT2D eigenvalue weighted by Gasteiger charge is -2.17. The Morgan fingerprint density at radius 1 is 0.938 bits per heavy atom. The first kappa shape index (κ1) is 21.5. The Morgan fingerprint density at radius 2 is 1.56 bits per heavy atom. The van der Waals surface area contributed by atoms with E-state index in [-0.39, 0.29) is 24.1 Å². The monoisotopic (exact) mass is 426 g/mol. The molecule has 0 saturated heterocycles. The largest absolute Gasteiger partial charge is 0.459 e. The smallest absolute Gasteiger partial charge is 0.306 e. The molecule has 4 rings (SSSR count). The van der Waals surface area contributed by atoms with Gasteiger partial charge in [0.25, 0.3) is 5.56 Å². The normalized spacial score (nSPS) is 11.1. The number of aryl methyl sites for hydroxylation is 1. The first-order chi connectivity index (χ1) is 15.6. The third kappa shape index (κ3) is 5.70. The minimum absolute atomic E-state index is 0.0121. The van der Waals surface area contributed by atoms with Gasteiger partial charge in [-0.05, 0) is 48.4 Å². The van der Waals surface area contributed by atoms with Crippen LogP contribution < -0.4 is 5.56 Å². The van der Waals surface area contributed by atoms with Crippen molar-refractivity contribution in [2.75, 3.05) is 0 Å². The molecule has 0 aliphatic rings. The van der Waals surface area contributed by atoms with Gasteiger partial charge in [0.2, 0.25) is 0 Å². The lowest BCUT2D eigenvalue weighted by molar-refractivity contribution is -0.146. The first-order valence-electron chi connectivity index (χ1n) is 10.8. The highest BCUT2D eigenvalue weighted by Gasteiger charge is 2.17. The topological polar surface area (TPSA) is 60.7 Å². The zero-order valence-electron chi connectivity index (χ0n) is 18.1. The third-order valence-electron chi connectivity index (χ3n) is 5.43. The fourth-order valence-corrected chi connectivity index (χ4v) is 3.89. The summed E-state index contributed by atoms with van der Waals surface area (Å²) in [6.07, 6.45) is 3.63. The van der Waals surface area contributed by atoms with Crippen molar-refractivity contribution >= 4 is 11.6 Å². The van der Waals surface area contributed by atoms with Gasteiger partial charge in [-0.25, -0.2) is 4.98 Å². The molecule has 0 aliphatic heterocycles. The van der Waals surface area contributed by atoms with Crippen molar-refractivity contribution in [2.24, 2.45) is 5.92 Å². The van der Waals surface area contributed by atoms with Crippen LogP contribution in [0.25, 0.3) is 5.65 Å². The van der Waals surface area contributed by atoms with Crippen LogP contribution in [-0.2, 0) is 29.0 Å². The lowest BCUT2D eigenvalue weighted by Crippen LogP contribution is -2.18. The van der Waals surface area contributed by atoms with Gasteiger partial charge in [0.15, 0.2) is 0 Å². The van der Waals surface area contributed by atoms with E-state index in [4.69, 9.17) is 4.74 Å². The minimum atomic E-state index is -0.284. The van der Waals surface area contributed by atoms with E-state index >= 15 is 0 Å². The Morgan fingerprint density at radius 3 is 2.19 bits per heavy atom. The van der Waals surface area contributed by atoms with Crippen LogP contribution in [0, 0.1) is 12.8 Å². The maximum Gasteiger partial charge on any atom is 0.306 e. The third-order valence-corrected chi connectivity index (χ3v) is 5.43. The molecule has 0 fully saturated rings. The molecular weight excluding hydrogens is 400 g/mol. The van der Waals surface area contributed by atoms with Gasteiger partial charge in [-0.2, -0.15) is 0 Å². The number of hydrogen-bond acceptors (Lipinski definition) is 4. The van der Waals surface area contributed by atoms with E-state index in [0.717, 1.165) is 18.4 Å². The van der Waals surface area contributed by atoms with E-state index in [0.29, 0.717) is 17.8 Å². The molecular formula is C27H26N2O3. The van der Waals surface area contributed by atoms with Crippen molar-refractivity contribution in [2.45, 2.75) is 32.8 Å². The molecule has 0 aliphatic carbocycles. The molecule has 0 spiro atoms. The molecule has 0 atom stereocenters. The first-order valence-corrected chi connectivity index (χ1v) is 10.8. The Bertz CT molecular complexity index is 1210. The molecule has 0 N–H and O–H groups in total. The quantitative estimate of drug-likeness (QED) is 0.388. The van der Waals surface area contributed by atoms with Gasteiger partial charge in [-0.15, -0.1) is 0 Å². The highest BCUT2D eigenvalue weighted by Crippen LogP contribution is 2.19. The molecule has 2 heterocycles. The number of esters is 1. The number of carbonyl (C=O) groups is 1. The van der Waals surface area contributed by atoms with Crippen LogP contribution in [0.5, 0.6) is 0 Å². The Hall–Kier alpha value is -3.73. The fraction of sp³-hybridized carbons (Fsp3) is 0.222. The highest BCUT2D eigenvalue weighted by atomic mass is 16.5. The fourth-order valence-electron chi connectivity index (χ4n) is 3.89. The van der Waals surface area contributed by atoms with Crippen LogP contribution in [0.3, 0.4) is 0 Å². The Labute approximate surface area is 187 Å². The summed E-state index contributed by atoms with van der Waals surface area (Å²) in [6.45, 7) is 1.91. The second-order valence-corrected chi connectivity index (χ2v) is 8.13. The molecule has 5 nitrogen and oxygen atoms in total. The molecule has 0 radical (unpaired) electrons. The van der Waals surface area contributed by atoms with E-state index in [1.807, 2.05) is 49.4 Å². The SMILES string of the molecule is Cc1ccc2nc(COC(=O)CC(Cc3ccccc3)Cc3ccccc3)cc(=O)n2c1.